The van der Waals surface area contributed by atoms with Crippen molar-refractivity contribution in [3.63, 3.8) is 0 Å². The molecule has 6 nitrogen and oxygen atoms in total. The molecule has 1 aromatic rings. The zero-order valence-corrected chi connectivity index (χ0v) is 20.7. The number of Topliss-reactive ketones (excluding diaryl/α,β-unsaturated/α-hetero) is 1. The average molecular weight is 459 g/mol. The van der Waals surface area contributed by atoms with Crippen LogP contribution in [0.4, 0.5) is 0 Å². The minimum absolute atomic E-state index is 0.135. The van der Waals surface area contributed by atoms with Gasteiger partial charge in [-0.1, -0.05) is 6.92 Å². The van der Waals surface area contributed by atoms with Crippen LogP contribution in [0.25, 0.3) is 0 Å². The molecule has 184 valence electrons. The topological polar surface area (TPSA) is 73.6 Å². The fourth-order valence-corrected chi connectivity index (χ4v) is 8.62. The first-order valence-electron chi connectivity index (χ1n) is 13.2. The maximum atomic E-state index is 13.5. The van der Waals surface area contributed by atoms with Crippen molar-refractivity contribution in [1.82, 2.24) is 9.78 Å². The SMILES string of the molecule is COCCOc1ccn(CC(=O)[C@H]2CC[C@H]3[C@@H]4CC[C@@H]5C[C@](C)(O)CC[C@@H]5[C@H]4CC[C@]23C)n1. The lowest BCUT2D eigenvalue weighted by atomic mass is 9.49. The first-order chi connectivity index (χ1) is 15.8. The second-order valence-corrected chi connectivity index (χ2v) is 12.0. The number of methoxy groups -OCH3 is 1. The van der Waals surface area contributed by atoms with Gasteiger partial charge in [-0.2, -0.15) is 0 Å². The number of carbonyl (C=O) groups excluding carboxylic acids is 1. The average Bonchev–Trinajstić information content (AvgIpc) is 3.36. The van der Waals surface area contributed by atoms with E-state index in [1.54, 1.807) is 11.8 Å². The summed E-state index contributed by atoms with van der Waals surface area (Å²) in [5, 5.41) is 15.1. The van der Waals surface area contributed by atoms with Crippen molar-refractivity contribution in [3.05, 3.63) is 12.3 Å². The molecule has 8 atom stereocenters. The highest BCUT2D eigenvalue weighted by molar-refractivity contribution is 5.82. The molecule has 0 radical (unpaired) electrons. The van der Waals surface area contributed by atoms with Crippen molar-refractivity contribution in [2.24, 2.45) is 40.9 Å². The van der Waals surface area contributed by atoms with Gasteiger partial charge in [-0.3, -0.25) is 9.48 Å². The zero-order valence-electron chi connectivity index (χ0n) is 20.7. The molecule has 4 aliphatic rings. The molecular formula is C27H42N2O4. The van der Waals surface area contributed by atoms with Crippen LogP contribution in [0.2, 0.25) is 0 Å². The molecule has 4 saturated carbocycles. The van der Waals surface area contributed by atoms with E-state index in [4.69, 9.17) is 9.47 Å². The number of hydrogen-bond donors (Lipinski definition) is 1. The number of rotatable bonds is 7. The Morgan fingerprint density at radius 3 is 2.73 bits per heavy atom. The molecule has 0 aromatic carbocycles. The smallest absolute Gasteiger partial charge is 0.232 e. The number of ether oxygens (including phenoxy) is 2. The van der Waals surface area contributed by atoms with Crippen LogP contribution in [-0.2, 0) is 16.1 Å². The molecule has 5 rings (SSSR count). The van der Waals surface area contributed by atoms with Crippen molar-refractivity contribution in [2.75, 3.05) is 20.3 Å². The molecule has 1 N–H and O–H groups in total. The lowest BCUT2D eigenvalue weighted by Crippen LogP contribution is -2.51. The van der Waals surface area contributed by atoms with E-state index < -0.39 is 5.60 Å². The monoisotopic (exact) mass is 458 g/mol. The Balaban J connectivity index is 1.23. The van der Waals surface area contributed by atoms with E-state index >= 15 is 0 Å². The lowest BCUT2D eigenvalue weighted by molar-refractivity contribution is -0.133. The van der Waals surface area contributed by atoms with Gasteiger partial charge in [0.15, 0.2) is 5.78 Å². The summed E-state index contributed by atoms with van der Waals surface area (Å²) >= 11 is 0. The summed E-state index contributed by atoms with van der Waals surface area (Å²) in [6.45, 7) is 5.79. The van der Waals surface area contributed by atoms with Crippen molar-refractivity contribution in [1.29, 1.82) is 0 Å². The van der Waals surface area contributed by atoms with E-state index in [-0.39, 0.29) is 11.3 Å². The Bertz CT molecular complexity index is 851. The fraction of sp³-hybridized carbons (Fsp3) is 0.852. The molecular weight excluding hydrogens is 416 g/mol. The van der Waals surface area contributed by atoms with E-state index in [0.717, 1.165) is 37.0 Å². The third-order valence-electron chi connectivity index (χ3n) is 10.1. The second-order valence-electron chi connectivity index (χ2n) is 12.0. The summed E-state index contributed by atoms with van der Waals surface area (Å²) in [6.07, 6.45) is 12.2. The highest BCUT2D eigenvalue weighted by Gasteiger charge is 2.58. The number of aromatic nitrogens is 2. The molecule has 1 aromatic heterocycles. The van der Waals surface area contributed by atoms with E-state index in [0.29, 0.717) is 43.3 Å². The number of aliphatic hydroxyl groups is 1. The molecule has 6 heteroatoms. The van der Waals surface area contributed by atoms with E-state index in [1.807, 2.05) is 19.2 Å². The van der Waals surface area contributed by atoms with Crippen LogP contribution in [0.5, 0.6) is 5.88 Å². The summed E-state index contributed by atoms with van der Waals surface area (Å²) in [4.78, 5) is 13.5. The summed E-state index contributed by atoms with van der Waals surface area (Å²) in [7, 11) is 1.65. The summed E-state index contributed by atoms with van der Waals surface area (Å²) in [5.74, 6) is 4.81. The minimum atomic E-state index is -0.455. The first-order valence-corrected chi connectivity index (χ1v) is 13.2. The number of fused-ring (bicyclic) bond motifs is 5. The Labute approximate surface area is 198 Å². The Morgan fingerprint density at radius 1 is 1.09 bits per heavy atom. The van der Waals surface area contributed by atoms with Gasteiger partial charge in [0.2, 0.25) is 5.88 Å². The van der Waals surface area contributed by atoms with Gasteiger partial charge in [-0.25, -0.2) is 0 Å². The normalized spacial score (nSPS) is 42.3. The van der Waals surface area contributed by atoms with Crippen molar-refractivity contribution in [3.8, 4) is 5.88 Å². The number of nitrogens with zero attached hydrogens (tertiary/aromatic N) is 2. The number of hydrogen-bond acceptors (Lipinski definition) is 5. The summed E-state index contributed by atoms with van der Waals surface area (Å²) in [6, 6.07) is 1.83. The molecule has 0 amide bonds. The van der Waals surface area contributed by atoms with Gasteiger partial charge in [0.05, 0.1) is 18.8 Å². The lowest BCUT2D eigenvalue weighted by Gasteiger charge is -2.56. The maximum absolute atomic E-state index is 13.5. The Morgan fingerprint density at radius 2 is 1.91 bits per heavy atom. The van der Waals surface area contributed by atoms with Crippen LogP contribution in [0, 0.1) is 40.9 Å². The maximum Gasteiger partial charge on any atom is 0.232 e. The van der Waals surface area contributed by atoms with Gasteiger partial charge in [-0.05, 0) is 99.7 Å². The second kappa shape index (κ2) is 8.99. The highest BCUT2D eigenvalue weighted by Crippen LogP contribution is 2.64. The Kier molecular flexibility index (Phi) is 6.36. The quantitative estimate of drug-likeness (QED) is 0.609. The summed E-state index contributed by atoms with van der Waals surface area (Å²) < 4.78 is 12.3. The van der Waals surface area contributed by atoms with Crippen molar-refractivity contribution < 1.29 is 19.4 Å². The summed E-state index contributed by atoms with van der Waals surface area (Å²) in [5.41, 5.74) is -0.320. The molecule has 0 spiro atoms. The molecule has 1 heterocycles. The van der Waals surface area contributed by atoms with Gasteiger partial charge in [-0.15, -0.1) is 5.10 Å². The van der Waals surface area contributed by atoms with E-state index in [9.17, 15) is 9.90 Å². The molecule has 0 unspecified atom stereocenters. The van der Waals surface area contributed by atoms with Crippen molar-refractivity contribution >= 4 is 5.78 Å². The van der Waals surface area contributed by atoms with Gasteiger partial charge in [0.25, 0.3) is 0 Å². The van der Waals surface area contributed by atoms with Gasteiger partial charge in [0, 0.05) is 25.3 Å². The van der Waals surface area contributed by atoms with E-state index in [2.05, 4.69) is 12.0 Å². The highest BCUT2D eigenvalue weighted by atomic mass is 16.5. The minimum Gasteiger partial charge on any atom is -0.474 e. The third kappa shape index (κ3) is 4.38. The van der Waals surface area contributed by atoms with Crippen molar-refractivity contribution in [2.45, 2.75) is 83.8 Å². The molecule has 0 bridgehead atoms. The van der Waals surface area contributed by atoms with Crippen LogP contribution in [0.3, 0.4) is 0 Å². The van der Waals surface area contributed by atoms with E-state index in [1.165, 1.54) is 38.5 Å². The molecule has 0 saturated heterocycles. The molecule has 0 aliphatic heterocycles. The predicted molar refractivity (Wildman–Crippen MR) is 126 cm³/mol. The zero-order chi connectivity index (χ0) is 23.2. The standard InChI is InChI=1S/C27H42N2O4/c1-26(31)11-8-19-18(16-26)4-5-21-20(19)9-12-27(2)22(21)6-7-23(27)24(30)17-29-13-10-25(28-29)33-15-14-32-3/h10,13,18-23,31H,4-9,11-12,14-17H2,1-3H3/t18-,19+,20-,21-,22+,23-,26-,27+/m1/s1. The van der Waals surface area contributed by atoms with Gasteiger partial charge in [0.1, 0.15) is 6.61 Å². The van der Waals surface area contributed by atoms with Crippen LogP contribution < -0.4 is 4.74 Å². The fourth-order valence-electron chi connectivity index (χ4n) is 8.62. The Hall–Kier alpha value is -1.40. The third-order valence-corrected chi connectivity index (χ3v) is 10.1. The first kappa shape index (κ1) is 23.3. The van der Waals surface area contributed by atoms with Gasteiger partial charge >= 0.3 is 0 Å². The largest absolute Gasteiger partial charge is 0.474 e. The van der Waals surface area contributed by atoms with Crippen LogP contribution in [0.15, 0.2) is 12.3 Å². The van der Waals surface area contributed by atoms with Crippen LogP contribution >= 0.6 is 0 Å². The molecule has 4 aliphatic carbocycles. The van der Waals surface area contributed by atoms with Crippen LogP contribution in [-0.4, -0.2) is 46.6 Å². The molecule has 4 fully saturated rings. The predicted octanol–water partition coefficient (Wildman–Crippen LogP) is 4.50. The van der Waals surface area contributed by atoms with Gasteiger partial charge < -0.3 is 14.6 Å². The number of carbonyl (C=O) groups is 1. The van der Waals surface area contributed by atoms with Crippen LogP contribution in [0.1, 0.15) is 71.6 Å². The molecule has 33 heavy (non-hydrogen) atoms. The number of ketones is 1.